The number of rotatable bonds is 0. The quantitative estimate of drug-likeness (QED) is 0.683. The highest BCUT2D eigenvalue weighted by Gasteiger charge is 2.18. The zero-order valence-electron chi connectivity index (χ0n) is 9.22. The molecule has 1 N–H and O–H groups in total. The third-order valence-corrected chi connectivity index (χ3v) is 2.66. The molecular weight excluding hydrogens is 172 g/mol. The van der Waals surface area contributed by atoms with E-state index in [1.54, 1.807) is 0 Å². The lowest BCUT2D eigenvalue weighted by molar-refractivity contribution is 0.568. The van der Waals surface area contributed by atoms with Crippen molar-refractivity contribution >= 4 is 5.82 Å². The van der Waals surface area contributed by atoms with Gasteiger partial charge in [0.1, 0.15) is 5.82 Å². The Bertz CT molecular complexity index is 342. The Labute approximate surface area is 87.2 Å². The molecule has 0 saturated carbocycles. The number of nitrogens with one attached hydrogen (secondary N) is 1. The average Bonchev–Trinajstić information content (AvgIpc) is 2.16. The molecule has 0 aromatic carbocycles. The van der Waals surface area contributed by atoms with Crippen LogP contribution in [0.25, 0.3) is 0 Å². The van der Waals surface area contributed by atoms with Crippen molar-refractivity contribution in [1.82, 2.24) is 4.98 Å². The second kappa shape index (κ2) is 3.26. The Balaban J connectivity index is 0.00000112. The third-order valence-electron chi connectivity index (χ3n) is 2.66. The zero-order valence-corrected chi connectivity index (χ0v) is 9.22. The smallest absolute Gasteiger partial charge is 0.129 e. The van der Waals surface area contributed by atoms with Crippen LogP contribution in [0.2, 0.25) is 0 Å². The van der Waals surface area contributed by atoms with Crippen LogP contribution in [-0.2, 0) is 11.8 Å². The molecule has 0 fully saturated rings. The van der Waals surface area contributed by atoms with Crippen LogP contribution in [0.1, 0.15) is 39.9 Å². The van der Waals surface area contributed by atoms with Gasteiger partial charge in [-0.2, -0.15) is 0 Å². The number of hydrogen-bond donors (Lipinski definition) is 1. The molecule has 2 heterocycles. The predicted molar refractivity (Wildman–Crippen MR) is 61.9 cm³/mol. The Kier molecular flexibility index (Phi) is 2.22. The third kappa shape index (κ3) is 1.74. The monoisotopic (exact) mass is 192 g/mol. The molecule has 0 bridgehead atoms. The summed E-state index contributed by atoms with van der Waals surface area (Å²) in [5.74, 6) is 1.10. The molecule has 2 rings (SSSR count). The molecule has 1 aliphatic heterocycles. The van der Waals surface area contributed by atoms with Gasteiger partial charge in [-0.25, -0.2) is 4.98 Å². The van der Waals surface area contributed by atoms with E-state index in [1.807, 2.05) is 0 Å². The number of anilines is 1. The summed E-state index contributed by atoms with van der Waals surface area (Å²) in [7, 11) is 0. The molecular formula is C12H20N2. The molecule has 0 unspecified atom stereocenters. The summed E-state index contributed by atoms with van der Waals surface area (Å²) < 4.78 is 0. The lowest BCUT2D eigenvalue weighted by atomic mass is 9.91. The molecule has 0 radical (unpaired) electrons. The summed E-state index contributed by atoms with van der Waals surface area (Å²) in [5.41, 5.74) is 2.68. The molecule has 1 aromatic rings. The average molecular weight is 192 g/mol. The number of pyridine rings is 1. The van der Waals surface area contributed by atoms with Crippen LogP contribution in [0.15, 0.2) is 12.1 Å². The second-order valence-electron chi connectivity index (χ2n) is 4.98. The van der Waals surface area contributed by atoms with Gasteiger partial charge in [0.2, 0.25) is 0 Å². The van der Waals surface area contributed by atoms with Gasteiger partial charge >= 0.3 is 0 Å². The van der Waals surface area contributed by atoms with Crippen LogP contribution in [0.4, 0.5) is 5.82 Å². The summed E-state index contributed by atoms with van der Waals surface area (Å²) in [6.07, 6.45) is 2.39. The van der Waals surface area contributed by atoms with Crippen molar-refractivity contribution in [2.75, 3.05) is 11.9 Å². The van der Waals surface area contributed by atoms with Crippen LogP contribution >= 0.6 is 0 Å². The van der Waals surface area contributed by atoms with Crippen LogP contribution in [0.5, 0.6) is 0 Å². The highest BCUT2D eigenvalue weighted by molar-refractivity contribution is 5.47. The largest absolute Gasteiger partial charge is 0.370 e. The first-order valence-corrected chi connectivity index (χ1v) is 5.32. The van der Waals surface area contributed by atoms with Gasteiger partial charge < -0.3 is 5.32 Å². The van der Waals surface area contributed by atoms with Gasteiger partial charge in [0, 0.05) is 19.1 Å². The maximum atomic E-state index is 4.67. The van der Waals surface area contributed by atoms with E-state index in [-0.39, 0.29) is 6.84 Å². The fourth-order valence-corrected chi connectivity index (χ4v) is 1.75. The summed E-state index contributed by atoms with van der Waals surface area (Å²) in [6, 6.07) is 4.38. The summed E-state index contributed by atoms with van der Waals surface area (Å²) in [6.45, 7) is 7.66. The van der Waals surface area contributed by atoms with E-state index in [4.69, 9.17) is 0 Å². The normalized spacial score (nSPS) is 15.9. The first-order chi connectivity index (χ1) is 6.57. The lowest BCUT2D eigenvalue weighted by Crippen LogP contribution is -2.18. The van der Waals surface area contributed by atoms with Gasteiger partial charge in [-0.1, -0.05) is 26.8 Å². The Morgan fingerprint density at radius 1 is 1.36 bits per heavy atom. The molecule has 0 saturated heterocycles. The van der Waals surface area contributed by atoms with Crippen molar-refractivity contribution in [2.45, 2.75) is 39.0 Å². The van der Waals surface area contributed by atoms with E-state index in [9.17, 15) is 0 Å². The minimum Gasteiger partial charge on any atom is -0.370 e. The van der Waals surface area contributed by atoms with Crippen LogP contribution in [0, 0.1) is 0 Å². The standard InChI is InChI=1S/C12H18N2.H2/c1-12(2,3)10-7-6-9-5-4-8-13-11(9)14-10;/h6-7H,4-5,8H2,1-3H3,(H,13,14);1H. The van der Waals surface area contributed by atoms with E-state index < -0.39 is 0 Å². The number of fused-ring (bicyclic) bond motifs is 1. The van der Waals surface area contributed by atoms with Gasteiger partial charge in [0.05, 0.1) is 0 Å². The molecule has 0 aliphatic carbocycles. The molecule has 1 aliphatic rings. The van der Waals surface area contributed by atoms with Crippen molar-refractivity contribution in [1.29, 1.82) is 0 Å². The predicted octanol–water partition coefficient (Wildman–Crippen LogP) is 2.98. The number of nitrogens with zero attached hydrogens (tertiary/aromatic N) is 1. The van der Waals surface area contributed by atoms with Gasteiger partial charge in [-0.3, -0.25) is 0 Å². The lowest BCUT2D eigenvalue weighted by Gasteiger charge is -2.22. The van der Waals surface area contributed by atoms with Gasteiger partial charge in [-0.15, -0.1) is 0 Å². The van der Waals surface area contributed by atoms with Crippen molar-refractivity contribution in [3.8, 4) is 0 Å². The van der Waals surface area contributed by atoms with Gasteiger partial charge in [-0.05, 0) is 24.5 Å². The fourth-order valence-electron chi connectivity index (χ4n) is 1.75. The first-order valence-electron chi connectivity index (χ1n) is 5.32. The number of hydrogen-bond acceptors (Lipinski definition) is 2. The van der Waals surface area contributed by atoms with Crippen LogP contribution in [-0.4, -0.2) is 11.5 Å². The molecule has 2 nitrogen and oxygen atoms in total. The maximum Gasteiger partial charge on any atom is 0.129 e. The minimum absolute atomic E-state index is 0. The molecule has 0 amide bonds. The molecule has 2 heteroatoms. The van der Waals surface area contributed by atoms with Crippen LogP contribution in [0.3, 0.4) is 0 Å². The summed E-state index contributed by atoms with van der Waals surface area (Å²) in [5, 5.41) is 3.36. The van der Waals surface area contributed by atoms with Crippen LogP contribution < -0.4 is 5.32 Å². The molecule has 14 heavy (non-hydrogen) atoms. The summed E-state index contributed by atoms with van der Waals surface area (Å²) >= 11 is 0. The topological polar surface area (TPSA) is 24.9 Å². The van der Waals surface area contributed by atoms with Gasteiger partial charge in [0.25, 0.3) is 0 Å². The van der Waals surface area contributed by atoms with E-state index >= 15 is 0 Å². The summed E-state index contributed by atoms with van der Waals surface area (Å²) in [4.78, 5) is 4.67. The molecule has 0 atom stereocenters. The van der Waals surface area contributed by atoms with E-state index in [0.29, 0.717) is 0 Å². The maximum absolute atomic E-state index is 4.67. The minimum atomic E-state index is 0. The Morgan fingerprint density at radius 2 is 2.14 bits per heavy atom. The first kappa shape index (κ1) is 9.50. The van der Waals surface area contributed by atoms with Crippen molar-refractivity contribution < 1.29 is 1.43 Å². The Morgan fingerprint density at radius 3 is 2.86 bits per heavy atom. The second-order valence-corrected chi connectivity index (χ2v) is 4.98. The number of aromatic nitrogens is 1. The highest BCUT2D eigenvalue weighted by Crippen LogP contribution is 2.25. The van der Waals surface area contributed by atoms with E-state index in [0.717, 1.165) is 12.4 Å². The van der Waals surface area contributed by atoms with Crippen molar-refractivity contribution in [3.63, 3.8) is 0 Å². The van der Waals surface area contributed by atoms with E-state index in [1.165, 1.54) is 24.1 Å². The zero-order chi connectivity index (χ0) is 10.2. The SMILES string of the molecule is CC(C)(C)c1ccc2c(n1)NCCC2.[HH]. The number of aryl methyl sites for hydroxylation is 1. The van der Waals surface area contributed by atoms with E-state index in [2.05, 4.69) is 43.2 Å². The fraction of sp³-hybridized carbons (Fsp3) is 0.583. The Hall–Kier alpha value is -1.05. The molecule has 0 spiro atoms. The highest BCUT2D eigenvalue weighted by atomic mass is 15.0. The van der Waals surface area contributed by atoms with Crippen molar-refractivity contribution in [2.24, 2.45) is 0 Å². The molecule has 78 valence electrons. The van der Waals surface area contributed by atoms with Gasteiger partial charge in [0.15, 0.2) is 0 Å². The molecule has 1 aromatic heterocycles. The van der Waals surface area contributed by atoms with Crippen molar-refractivity contribution in [3.05, 3.63) is 23.4 Å².